The van der Waals surface area contributed by atoms with E-state index in [0.29, 0.717) is 24.3 Å². The van der Waals surface area contributed by atoms with Crippen LogP contribution in [0.5, 0.6) is 5.75 Å². The van der Waals surface area contributed by atoms with E-state index in [1.807, 2.05) is 70.2 Å². The van der Waals surface area contributed by atoms with Crippen molar-refractivity contribution >= 4 is 17.3 Å². The minimum atomic E-state index is -0.991. The molecule has 0 heterocycles. The molecule has 0 aliphatic heterocycles. The summed E-state index contributed by atoms with van der Waals surface area (Å²) in [6, 6.07) is 17.0. The lowest BCUT2D eigenvalue weighted by atomic mass is 9.62. The van der Waals surface area contributed by atoms with E-state index >= 15 is 0 Å². The van der Waals surface area contributed by atoms with Crippen molar-refractivity contribution in [1.29, 1.82) is 0 Å². The van der Waals surface area contributed by atoms with Crippen LogP contribution in [0.1, 0.15) is 70.4 Å². The van der Waals surface area contributed by atoms with Crippen molar-refractivity contribution in [3.05, 3.63) is 77.1 Å². The number of ether oxygens (including phenoxy) is 1. The third kappa shape index (κ3) is 5.55. The van der Waals surface area contributed by atoms with E-state index in [1.165, 1.54) is 0 Å². The second-order valence-electron chi connectivity index (χ2n) is 11.6. The second kappa shape index (κ2) is 9.44. The van der Waals surface area contributed by atoms with Crippen LogP contribution in [-0.4, -0.2) is 22.5 Å². The SMILES string of the molecule is CC1(C)CC(=O)C([C@@H](C2=C(O)CC(C)(C)CC2=O)c2cccc(OCc3ccccc3)c2)C(=O)C1. The van der Waals surface area contributed by atoms with Gasteiger partial charge < -0.3 is 9.84 Å². The number of aliphatic hydroxyl groups is 1. The molecule has 5 heteroatoms. The highest BCUT2D eigenvalue weighted by molar-refractivity contribution is 6.09. The Morgan fingerprint density at radius 3 is 2.11 bits per heavy atom. The lowest BCUT2D eigenvalue weighted by molar-refractivity contribution is -0.140. The summed E-state index contributed by atoms with van der Waals surface area (Å²) >= 11 is 0. The van der Waals surface area contributed by atoms with Crippen molar-refractivity contribution in [1.82, 2.24) is 0 Å². The maximum Gasteiger partial charge on any atom is 0.163 e. The number of rotatable bonds is 6. The van der Waals surface area contributed by atoms with Gasteiger partial charge in [-0.1, -0.05) is 70.2 Å². The zero-order valence-corrected chi connectivity index (χ0v) is 21.0. The molecule has 184 valence electrons. The topological polar surface area (TPSA) is 80.7 Å². The number of benzene rings is 2. The normalized spacial score (nSPS) is 21.2. The molecule has 0 aromatic heterocycles. The van der Waals surface area contributed by atoms with Gasteiger partial charge in [0.25, 0.3) is 0 Å². The van der Waals surface area contributed by atoms with Crippen LogP contribution in [0.2, 0.25) is 0 Å². The van der Waals surface area contributed by atoms with Gasteiger partial charge in [-0.2, -0.15) is 0 Å². The number of allylic oxidation sites excluding steroid dienone is 2. The Balaban J connectivity index is 1.75. The smallest absolute Gasteiger partial charge is 0.163 e. The molecule has 0 unspecified atom stereocenters. The summed E-state index contributed by atoms with van der Waals surface area (Å²) in [6.07, 6.45) is 1.11. The number of hydrogen-bond acceptors (Lipinski definition) is 5. The quantitative estimate of drug-likeness (QED) is 0.510. The molecular formula is C30H34O5. The van der Waals surface area contributed by atoms with Crippen molar-refractivity contribution in [2.24, 2.45) is 16.7 Å². The van der Waals surface area contributed by atoms with Crippen molar-refractivity contribution in [2.45, 2.75) is 65.9 Å². The van der Waals surface area contributed by atoms with Crippen LogP contribution in [0, 0.1) is 16.7 Å². The molecule has 1 saturated carbocycles. The Labute approximate surface area is 207 Å². The van der Waals surface area contributed by atoms with Crippen LogP contribution in [-0.2, 0) is 21.0 Å². The van der Waals surface area contributed by atoms with Crippen molar-refractivity contribution in [2.75, 3.05) is 0 Å². The molecule has 1 fully saturated rings. The first kappa shape index (κ1) is 24.9. The van der Waals surface area contributed by atoms with E-state index in [2.05, 4.69) is 0 Å². The van der Waals surface area contributed by atoms with Gasteiger partial charge in [-0.3, -0.25) is 14.4 Å². The van der Waals surface area contributed by atoms with Crippen molar-refractivity contribution in [3.63, 3.8) is 0 Å². The predicted octanol–water partition coefficient (Wildman–Crippen LogP) is 6.12. The summed E-state index contributed by atoms with van der Waals surface area (Å²) in [4.78, 5) is 40.0. The van der Waals surface area contributed by atoms with Gasteiger partial charge in [0.05, 0.1) is 5.92 Å². The summed E-state index contributed by atoms with van der Waals surface area (Å²) in [5, 5.41) is 11.0. The Bertz CT molecular complexity index is 1150. The number of carbonyl (C=O) groups excluding carboxylic acids is 3. The van der Waals surface area contributed by atoms with Gasteiger partial charge >= 0.3 is 0 Å². The maximum absolute atomic E-state index is 13.3. The van der Waals surface area contributed by atoms with Crippen LogP contribution >= 0.6 is 0 Å². The van der Waals surface area contributed by atoms with E-state index in [4.69, 9.17) is 4.74 Å². The fraction of sp³-hybridized carbons (Fsp3) is 0.433. The van der Waals surface area contributed by atoms with E-state index in [0.717, 1.165) is 5.56 Å². The van der Waals surface area contributed by atoms with Crippen LogP contribution in [0.25, 0.3) is 0 Å². The fourth-order valence-corrected chi connectivity index (χ4v) is 5.50. The minimum absolute atomic E-state index is 0.0164. The lowest BCUT2D eigenvalue weighted by Gasteiger charge is -2.39. The predicted molar refractivity (Wildman–Crippen MR) is 134 cm³/mol. The van der Waals surface area contributed by atoms with Gasteiger partial charge in [0.2, 0.25) is 0 Å². The summed E-state index contributed by atoms with van der Waals surface area (Å²) in [5.74, 6) is -1.81. The highest BCUT2D eigenvalue weighted by Gasteiger charge is 2.48. The lowest BCUT2D eigenvalue weighted by Crippen LogP contribution is -2.43. The molecule has 2 aliphatic carbocycles. The highest BCUT2D eigenvalue weighted by atomic mass is 16.5. The number of Topliss-reactive ketones (excluding diaryl/α,β-unsaturated/α-hetero) is 3. The third-order valence-electron chi connectivity index (χ3n) is 7.01. The van der Waals surface area contributed by atoms with Gasteiger partial charge in [-0.25, -0.2) is 0 Å². The van der Waals surface area contributed by atoms with E-state index < -0.39 is 17.3 Å². The molecule has 2 aliphatic rings. The molecule has 35 heavy (non-hydrogen) atoms. The first-order valence-electron chi connectivity index (χ1n) is 12.2. The van der Waals surface area contributed by atoms with Gasteiger partial charge in [0.1, 0.15) is 29.7 Å². The molecule has 0 amide bonds. The standard InChI is InChI=1S/C30H34O5/c1-29(2)14-22(31)27(23(32)15-29)26(28-24(33)16-30(3,4)17-25(28)34)20-11-8-12-21(13-20)35-18-19-9-6-5-7-10-19/h5-13,26-27,33H,14-18H2,1-4H3/t26-/m0/s1. The number of ketones is 3. The van der Waals surface area contributed by atoms with Crippen LogP contribution in [0.15, 0.2) is 65.9 Å². The highest BCUT2D eigenvalue weighted by Crippen LogP contribution is 2.47. The minimum Gasteiger partial charge on any atom is -0.512 e. The third-order valence-corrected chi connectivity index (χ3v) is 7.01. The van der Waals surface area contributed by atoms with Crippen LogP contribution < -0.4 is 4.74 Å². The molecule has 0 spiro atoms. The molecule has 0 radical (unpaired) electrons. The molecule has 4 rings (SSSR count). The zero-order valence-electron chi connectivity index (χ0n) is 21.0. The average molecular weight is 475 g/mol. The summed E-state index contributed by atoms with van der Waals surface area (Å²) < 4.78 is 6.00. The monoisotopic (exact) mass is 474 g/mol. The summed E-state index contributed by atoms with van der Waals surface area (Å²) in [5.41, 5.74) is 1.07. The van der Waals surface area contributed by atoms with Crippen LogP contribution in [0.4, 0.5) is 0 Å². The largest absolute Gasteiger partial charge is 0.512 e. The number of carbonyl (C=O) groups is 3. The molecule has 0 bridgehead atoms. The van der Waals surface area contributed by atoms with Crippen molar-refractivity contribution < 1.29 is 24.2 Å². The van der Waals surface area contributed by atoms with Gasteiger partial charge in [-0.15, -0.1) is 0 Å². The van der Waals surface area contributed by atoms with E-state index in [-0.39, 0.29) is 53.4 Å². The number of hydrogen-bond donors (Lipinski definition) is 1. The summed E-state index contributed by atoms with van der Waals surface area (Å²) in [7, 11) is 0. The Morgan fingerprint density at radius 1 is 0.857 bits per heavy atom. The Hall–Kier alpha value is -3.21. The fourth-order valence-electron chi connectivity index (χ4n) is 5.50. The first-order chi connectivity index (χ1) is 16.5. The van der Waals surface area contributed by atoms with Crippen molar-refractivity contribution in [3.8, 4) is 5.75 Å². The molecule has 0 saturated heterocycles. The Morgan fingerprint density at radius 2 is 1.49 bits per heavy atom. The van der Waals surface area contributed by atoms with Gasteiger partial charge in [0, 0.05) is 37.2 Å². The molecular weight excluding hydrogens is 440 g/mol. The maximum atomic E-state index is 13.3. The number of aliphatic hydroxyl groups excluding tert-OH is 1. The molecule has 5 nitrogen and oxygen atoms in total. The molecule has 1 atom stereocenters. The van der Waals surface area contributed by atoms with Gasteiger partial charge in [-0.05, 0) is 34.1 Å². The first-order valence-corrected chi connectivity index (χ1v) is 12.2. The van der Waals surface area contributed by atoms with Gasteiger partial charge in [0.15, 0.2) is 5.78 Å². The van der Waals surface area contributed by atoms with E-state index in [1.54, 1.807) is 12.1 Å². The second-order valence-corrected chi connectivity index (χ2v) is 11.6. The molecule has 1 N–H and O–H groups in total. The molecule has 2 aromatic carbocycles. The average Bonchev–Trinajstić information content (AvgIpc) is 2.75. The van der Waals surface area contributed by atoms with Crippen LogP contribution in [0.3, 0.4) is 0 Å². The molecule has 2 aromatic rings. The zero-order chi connectivity index (χ0) is 25.4. The Kier molecular flexibility index (Phi) is 6.72. The summed E-state index contributed by atoms with van der Waals surface area (Å²) in [6.45, 7) is 8.06. The van der Waals surface area contributed by atoms with E-state index in [9.17, 15) is 19.5 Å².